The van der Waals surface area contributed by atoms with E-state index >= 15 is 0 Å². The van der Waals surface area contributed by atoms with Crippen molar-refractivity contribution in [3.8, 4) is 6.07 Å². The van der Waals surface area contributed by atoms with Gasteiger partial charge in [-0.1, -0.05) is 12.1 Å². The molecule has 1 N–H and O–H groups in total. The summed E-state index contributed by atoms with van der Waals surface area (Å²) in [5.74, 6) is -3.92. The zero-order chi connectivity index (χ0) is 29.9. The van der Waals surface area contributed by atoms with Gasteiger partial charge in [0.1, 0.15) is 11.4 Å². The van der Waals surface area contributed by atoms with E-state index in [9.17, 15) is 27.6 Å². The van der Waals surface area contributed by atoms with Gasteiger partial charge in [0.05, 0.1) is 17.7 Å². The lowest BCUT2D eigenvalue weighted by molar-refractivity contribution is -0.133. The number of alkyl carbamates (subject to hydrolysis) is 1. The Balaban J connectivity index is 1.43. The molecule has 0 spiro atoms. The van der Waals surface area contributed by atoms with Crippen LogP contribution in [0.2, 0.25) is 0 Å². The summed E-state index contributed by atoms with van der Waals surface area (Å²) >= 11 is 0. The van der Waals surface area contributed by atoms with Gasteiger partial charge in [-0.15, -0.1) is 0 Å². The van der Waals surface area contributed by atoms with Crippen molar-refractivity contribution < 1.29 is 32.3 Å². The first-order valence-electron chi connectivity index (χ1n) is 13.3. The molecule has 2 aromatic rings. The predicted octanol–water partition coefficient (Wildman–Crippen LogP) is 3.95. The molecule has 2 atom stereocenters. The number of hydrogen-bond donors (Lipinski definition) is 1. The average Bonchev–Trinajstić information content (AvgIpc) is 3.20. The molecular formula is C29H32F3N5O4. The molecule has 2 aromatic carbocycles. The number of nitriles is 1. The van der Waals surface area contributed by atoms with Crippen LogP contribution in [0.4, 0.5) is 22.8 Å². The minimum atomic E-state index is -1.34. The maximum atomic E-state index is 14.4. The van der Waals surface area contributed by atoms with Gasteiger partial charge >= 0.3 is 12.1 Å². The van der Waals surface area contributed by atoms with E-state index in [0.29, 0.717) is 37.3 Å². The number of amides is 4. The second-order valence-electron chi connectivity index (χ2n) is 11.3. The lowest BCUT2D eigenvalue weighted by atomic mass is 10.0. The molecule has 2 fully saturated rings. The fourth-order valence-electron chi connectivity index (χ4n) is 5.07. The van der Waals surface area contributed by atoms with Crippen molar-refractivity contribution in [3.05, 3.63) is 70.5 Å². The molecule has 0 aromatic heterocycles. The van der Waals surface area contributed by atoms with E-state index in [1.54, 1.807) is 53.7 Å². The summed E-state index contributed by atoms with van der Waals surface area (Å²) in [6.07, 6.45) is -1.35. The fraction of sp³-hybridized carbons (Fsp3) is 0.448. The molecule has 2 saturated heterocycles. The molecule has 218 valence electrons. The van der Waals surface area contributed by atoms with Crippen LogP contribution in [0.15, 0.2) is 36.4 Å². The number of ether oxygens (including phenoxy) is 1. The molecule has 2 heterocycles. The number of rotatable bonds is 7. The summed E-state index contributed by atoms with van der Waals surface area (Å²) in [7, 11) is 0. The Morgan fingerprint density at radius 3 is 2.54 bits per heavy atom. The molecule has 0 saturated carbocycles. The number of fused-ring (bicyclic) bond motifs is 1. The first-order valence-corrected chi connectivity index (χ1v) is 13.3. The largest absolute Gasteiger partial charge is 0.444 e. The molecule has 9 nitrogen and oxygen atoms in total. The second-order valence-corrected chi connectivity index (χ2v) is 11.3. The van der Waals surface area contributed by atoms with E-state index < -0.39 is 35.2 Å². The molecule has 12 heteroatoms. The van der Waals surface area contributed by atoms with E-state index in [1.165, 1.54) is 0 Å². The first-order chi connectivity index (χ1) is 19.3. The Bertz CT molecular complexity index is 1370. The van der Waals surface area contributed by atoms with E-state index in [0.717, 1.165) is 5.56 Å². The van der Waals surface area contributed by atoms with Crippen LogP contribution in [0.5, 0.6) is 0 Å². The predicted molar refractivity (Wildman–Crippen MR) is 142 cm³/mol. The van der Waals surface area contributed by atoms with E-state index in [1.807, 2.05) is 6.07 Å². The van der Waals surface area contributed by atoms with Crippen LogP contribution >= 0.6 is 0 Å². The van der Waals surface area contributed by atoms with Gasteiger partial charge in [-0.2, -0.15) is 5.26 Å². The monoisotopic (exact) mass is 571 g/mol. The number of benzene rings is 2. The van der Waals surface area contributed by atoms with Crippen molar-refractivity contribution in [2.24, 2.45) is 0 Å². The smallest absolute Gasteiger partial charge is 0.407 e. The van der Waals surface area contributed by atoms with Crippen molar-refractivity contribution in [3.63, 3.8) is 0 Å². The Morgan fingerprint density at radius 2 is 1.83 bits per heavy atom. The number of piperazine rings is 1. The highest BCUT2D eigenvalue weighted by molar-refractivity contribution is 5.80. The zero-order valence-electron chi connectivity index (χ0n) is 23.1. The Labute approximate surface area is 236 Å². The SMILES string of the molecule is CC(C)(C)OC(=O)N[C@@H](CC(=O)N1CCN2C(=O)N(Cc3cccc(C#N)c3)CC2C1)Cc1cc(F)c(F)cc1F. The van der Waals surface area contributed by atoms with Crippen molar-refractivity contribution in [2.75, 3.05) is 26.2 Å². The molecular weight excluding hydrogens is 539 g/mol. The number of halogens is 3. The summed E-state index contributed by atoms with van der Waals surface area (Å²) < 4.78 is 47.0. The normalized spacial score (nSPS) is 17.6. The molecule has 0 aliphatic carbocycles. The molecule has 1 unspecified atom stereocenters. The summed E-state index contributed by atoms with van der Waals surface area (Å²) in [4.78, 5) is 43.8. The molecule has 2 aliphatic rings. The van der Waals surface area contributed by atoms with Gasteiger partial charge < -0.3 is 24.8 Å². The van der Waals surface area contributed by atoms with Crippen LogP contribution in [0.3, 0.4) is 0 Å². The average molecular weight is 572 g/mol. The fourth-order valence-corrected chi connectivity index (χ4v) is 5.07. The first kappa shape index (κ1) is 29.7. The molecule has 2 aliphatic heterocycles. The molecule has 0 bridgehead atoms. The zero-order valence-corrected chi connectivity index (χ0v) is 23.1. The third-order valence-corrected chi connectivity index (χ3v) is 6.91. The number of carbonyl (C=O) groups is 3. The maximum absolute atomic E-state index is 14.4. The van der Waals surface area contributed by atoms with Gasteiger partial charge in [0, 0.05) is 51.3 Å². The third-order valence-electron chi connectivity index (χ3n) is 6.91. The number of urea groups is 1. The van der Waals surface area contributed by atoms with Gasteiger partial charge in [0.15, 0.2) is 11.6 Å². The minimum absolute atomic E-state index is 0.150. The maximum Gasteiger partial charge on any atom is 0.407 e. The van der Waals surface area contributed by atoms with Gasteiger partial charge in [0.25, 0.3) is 0 Å². The molecule has 4 amide bonds. The number of hydrogen-bond acceptors (Lipinski definition) is 5. The Hall–Kier alpha value is -4.27. The van der Waals surface area contributed by atoms with Crippen LogP contribution < -0.4 is 5.32 Å². The van der Waals surface area contributed by atoms with E-state index in [-0.39, 0.29) is 49.5 Å². The second kappa shape index (κ2) is 12.1. The summed E-state index contributed by atoms with van der Waals surface area (Å²) in [6.45, 7) is 6.53. The minimum Gasteiger partial charge on any atom is -0.444 e. The lowest BCUT2D eigenvalue weighted by Gasteiger charge is -2.37. The van der Waals surface area contributed by atoms with Crippen molar-refractivity contribution in [1.82, 2.24) is 20.0 Å². The van der Waals surface area contributed by atoms with Crippen LogP contribution in [-0.2, 0) is 22.5 Å². The van der Waals surface area contributed by atoms with Gasteiger partial charge in [-0.25, -0.2) is 22.8 Å². The van der Waals surface area contributed by atoms with Crippen molar-refractivity contribution >= 4 is 18.0 Å². The van der Waals surface area contributed by atoms with Crippen LogP contribution in [0.1, 0.15) is 43.9 Å². The highest BCUT2D eigenvalue weighted by atomic mass is 19.2. The van der Waals surface area contributed by atoms with E-state index in [2.05, 4.69) is 11.4 Å². The summed E-state index contributed by atoms with van der Waals surface area (Å²) in [5.41, 5.74) is 0.297. The van der Waals surface area contributed by atoms with Crippen molar-refractivity contribution in [1.29, 1.82) is 5.26 Å². The Morgan fingerprint density at radius 1 is 1.10 bits per heavy atom. The van der Waals surface area contributed by atoms with Gasteiger partial charge in [-0.3, -0.25) is 4.79 Å². The van der Waals surface area contributed by atoms with Gasteiger partial charge in [-0.05, 0) is 56.5 Å². The highest BCUT2D eigenvalue weighted by Gasteiger charge is 2.41. The Kier molecular flexibility index (Phi) is 8.75. The summed E-state index contributed by atoms with van der Waals surface area (Å²) in [5, 5.41) is 11.7. The van der Waals surface area contributed by atoms with Crippen LogP contribution in [-0.4, -0.2) is 76.6 Å². The number of nitrogens with zero attached hydrogens (tertiary/aromatic N) is 4. The van der Waals surface area contributed by atoms with E-state index in [4.69, 9.17) is 10.00 Å². The summed E-state index contributed by atoms with van der Waals surface area (Å²) in [6, 6.07) is 8.87. The standard InChI is InChI=1S/C29H32F3N5O4/c1-29(2,3)41-27(39)34-21(10-20-11-24(31)25(32)13-23(20)30)12-26(38)35-7-8-37-22(16-35)17-36(28(37)40)15-19-6-4-5-18(9-19)14-33/h4-6,9,11,13,21-22H,7-8,10,12,15-17H2,1-3H3,(H,34,39)/t21-,22?/m1/s1. The van der Waals surface area contributed by atoms with Crippen LogP contribution in [0, 0.1) is 28.8 Å². The lowest BCUT2D eigenvalue weighted by Crippen LogP contribution is -2.54. The quantitative estimate of drug-likeness (QED) is 0.507. The number of nitrogens with one attached hydrogen (secondary N) is 1. The van der Waals surface area contributed by atoms with Crippen molar-refractivity contribution in [2.45, 2.75) is 57.8 Å². The topological polar surface area (TPSA) is 106 Å². The van der Waals surface area contributed by atoms with Crippen LogP contribution in [0.25, 0.3) is 0 Å². The van der Waals surface area contributed by atoms with Gasteiger partial charge in [0.2, 0.25) is 5.91 Å². The highest BCUT2D eigenvalue weighted by Crippen LogP contribution is 2.24. The molecule has 0 radical (unpaired) electrons. The number of carbonyl (C=O) groups excluding carboxylic acids is 3. The molecule has 41 heavy (non-hydrogen) atoms. The molecule has 4 rings (SSSR count). The third kappa shape index (κ3) is 7.48.